The molecule has 3 unspecified atom stereocenters. The molecule has 0 aliphatic heterocycles. The number of rotatable bonds is 7. The van der Waals surface area contributed by atoms with Crippen LogP contribution < -0.4 is 0 Å². The maximum Gasteiger partial charge on any atom is 0.325 e. The van der Waals surface area contributed by atoms with Crippen LogP contribution in [0.1, 0.15) is 104 Å². The lowest BCUT2D eigenvalue weighted by Crippen LogP contribution is -2.51. The van der Waals surface area contributed by atoms with Crippen molar-refractivity contribution < 1.29 is 9.90 Å². The molecular weight excluding hydrogens is 420 g/mol. The summed E-state index contributed by atoms with van der Waals surface area (Å²) < 4.78 is 1.69. The number of allylic oxidation sites excluding steroid dienone is 1. The van der Waals surface area contributed by atoms with Crippen molar-refractivity contribution in [3.05, 3.63) is 23.0 Å². The molecule has 0 amide bonds. The lowest BCUT2D eigenvalue weighted by Gasteiger charge is -2.58. The maximum absolute atomic E-state index is 11.3. The molecule has 3 saturated carbocycles. The average Bonchev–Trinajstić information content (AvgIpc) is 3.31. The second-order valence-electron chi connectivity index (χ2n) is 13.3. The summed E-state index contributed by atoms with van der Waals surface area (Å²) in [7, 11) is 0. The Morgan fingerprint density at radius 3 is 2.68 bits per heavy atom. The van der Waals surface area contributed by atoms with E-state index in [4.69, 9.17) is 0 Å². The zero-order valence-electron chi connectivity index (χ0n) is 22.1. The summed E-state index contributed by atoms with van der Waals surface area (Å²) >= 11 is 0. The van der Waals surface area contributed by atoms with Gasteiger partial charge in [-0.25, -0.2) is 0 Å². The number of aliphatic carboxylic acids is 1. The molecule has 1 N–H and O–H groups in total. The van der Waals surface area contributed by atoms with Gasteiger partial charge >= 0.3 is 5.97 Å². The first-order valence-corrected chi connectivity index (χ1v) is 14.1. The van der Waals surface area contributed by atoms with Gasteiger partial charge in [0.05, 0.1) is 11.9 Å². The van der Waals surface area contributed by atoms with Gasteiger partial charge in [-0.2, -0.15) is 5.10 Å². The van der Waals surface area contributed by atoms with Gasteiger partial charge in [-0.05, 0) is 103 Å². The molecular formula is C30H46N2O2. The van der Waals surface area contributed by atoms with E-state index in [9.17, 15) is 9.90 Å². The van der Waals surface area contributed by atoms with Gasteiger partial charge in [0.2, 0.25) is 0 Å². The fraction of sp³-hybridized carbons (Fsp3) is 0.800. The van der Waals surface area contributed by atoms with Gasteiger partial charge in [-0.3, -0.25) is 9.48 Å². The maximum atomic E-state index is 11.3. The molecule has 3 fully saturated rings. The first-order chi connectivity index (χ1) is 16.1. The Bertz CT molecular complexity index is 961. The van der Waals surface area contributed by atoms with Crippen molar-refractivity contribution in [3.8, 4) is 0 Å². The highest BCUT2D eigenvalue weighted by atomic mass is 16.4. The molecule has 1 heterocycles. The zero-order chi connectivity index (χ0) is 24.3. The number of carboxylic acids is 1. The highest BCUT2D eigenvalue weighted by molar-refractivity contribution is 5.68. The van der Waals surface area contributed by atoms with Gasteiger partial charge in [0.25, 0.3) is 0 Å². The predicted octanol–water partition coefficient (Wildman–Crippen LogP) is 7.23. The van der Waals surface area contributed by atoms with Crippen molar-refractivity contribution >= 4 is 12.0 Å². The van der Waals surface area contributed by atoms with Crippen molar-refractivity contribution in [2.24, 2.45) is 46.3 Å². The average molecular weight is 467 g/mol. The minimum Gasteiger partial charge on any atom is -0.480 e. The molecule has 0 aromatic carbocycles. The number of hydrogen-bond donors (Lipinski definition) is 1. The molecule has 0 radical (unpaired) electrons. The molecule has 0 spiro atoms. The van der Waals surface area contributed by atoms with Gasteiger partial charge in [-0.1, -0.05) is 59.5 Å². The van der Waals surface area contributed by atoms with E-state index < -0.39 is 5.97 Å². The van der Waals surface area contributed by atoms with Gasteiger partial charge in [0, 0.05) is 0 Å². The van der Waals surface area contributed by atoms with E-state index in [1.807, 2.05) is 6.20 Å². The van der Waals surface area contributed by atoms with Crippen molar-refractivity contribution in [2.45, 2.75) is 105 Å². The van der Waals surface area contributed by atoms with Gasteiger partial charge in [0.15, 0.2) is 0 Å². The topological polar surface area (TPSA) is 55.1 Å². The Balaban J connectivity index is 1.34. The van der Waals surface area contributed by atoms with Crippen LogP contribution >= 0.6 is 0 Å². The third kappa shape index (κ3) is 3.88. The van der Waals surface area contributed by atoms with E-state index in [0.717, 1.165) is 47.6 Å². The van der Waals surface area contributed by atoms with E-state index in [2.05, 4.69) is 45.8 Å². The largest absolute Gasteiger partial charge is 0.480 e. The third-order valence-electron chi connectivity index (χ3n) is 11.1. The number of fused-ring (bicyclic) bond motifs is 6. The van der Waals surface area contributed by atoms with Crippen LogP contribution in [0.4, 0.5) is 0 Å². The summed E-state index contributed by atoms with van der Waals surface area (Å²) in [5.41, 5.74) is 4.61. The number of carboxylic acid groups (broad SMARTS) is 1. The predicted molar refractivity (Wildman–Crippen MR) is 137 cm³/mol. The van der Waals surface area contributed by atoms with Crippen LogP contribution in [0, 0.1) is 46.3 Å². The number of aromatic nitrogens is 2. The highest BCUT2D eigenvalue weighted by Crippen LogP contribution is 2.67. The van der Waals surface area contributed by atoms with Crippen molar-refractivity contribution in [2.75, 3.05) is 0 Å². The Morgan fingerprint density at radius 2 is 1.94 bits per heavy atom. The van der Waals surface area contributed by atoms with Crippen LogP contribution in [0.25, 0.3) is 6.08 Å². The molecule has 1 aromatic heterocycles. The fourth-order valence-electron chi connectivity index (χ4n) is 9.38. The molecule has 5 rings (SSSR count). The van der Waals surface area contributed by atoms with E-state index in [-0.39, 0.29) is 12.0 Å². The monoisotopic (exact) mass is 466 g/mol. The summed E-state index contributed by atoms with van der Waals surface area (Å²) in [6, 6.07) is 0. The van der Waals surface area contributed by atoms with Crippen LogP contribution in [0.5, 0.6) is 0 Å². The zero-order valence-corrected chi connectivity index (χ0v) is 22.1. The highest BCUT2D eigenvalue weighted by Gasteiger charge is 2.59. The van der Waals surface area contributed by atoms with Crippen LogP contribution in [0.15, 0.2) is 11.8 Å². The number of carbonyl (C=O) groups is 1. The molecule has 0 saturated heterocycles. The van der Waals surface area contributed by atoms with Crippen molar-refractivity contribution in [1.29, 1.82) is 0 Å². The quantitative estimate of drug-likeness (QED) is 0.461. The Kier molecular flexibility index (Phi) is 6.26. The second kappa shape index (κ2) is 8.82. The van der Waals surface area contributed by atoms with Crippen LogP contribution in [0.3, 0.4) is 0 Å². The van der Waals surface area contributed by atoms with Crippen molar-refractivity contribution in [3.63, 3.8) is 0 Å². The van der Waals surface area contributed by atoms with Crippen LogP contribution in [-0.4, -0.2) is 20.9 Å². The normalized spacial score (nSPS) is 37.4. The van der Waals surface area contributed by atoms with Crippen LogP contribution in [0.2, 0.25) is 0 Å². The van der Waals surface area contributed by atoms with Crippen LogP contribution in [-0.2, 0) is 17.8 Å². The first kappa shape index (κ1) is 24.1. The standard InChI is InChI=1S/C30H46N2O2/c1-19(2)7-6-8-20(3)24-11-12-25-23-10-9-22-15-27-21(17-31-32(27)18-28(33)34)16-30(22,5)26(23)13-14-29(24,25)4/h15,17,19-20,23-26H,6-14,16,18H2,1-5H3,(H,33,34)/t20-,23?,24-,25?,26?,29-,30+/m1/s1. The summed E-state index contributed by atoms with van der Waals surface area (Å²) in [4.78, 5) is 11.3. The van der Waals surface area contributed by atoms with E-state index >= 15 is 0 Å². The lowest BCUT2D eigenvalue weighted by atomic mass is 9.46. The number of hydrogen-bond acceptors (Lipinski definition) is 2. The molecule has 7 atom stereocenters. The van der Waals surface area contributed by atoms with Gasteiger partial charge < -0.3 is 5.11 Å². The van der Waals surface area contributed by atoms with Gasteiger partial charge in [0.1, 0.15) is 6.54 Å². The second-order valence-corrected chi connectivity index (χ2v) is 13.3. The Morgan fingerprint density at radius 1 is 1.15 bits per heavy atom. The molecule has 34 heavy (non-hydrogen) atoms. The van der Waals surface area contributed by atoms with Crippen molar-refractivity contribution in [1.82, 2.24) is 9.78 Å². The fourth-order valence-corrected chi connectivity index (χ4v) is 9.38. The van der Waals surface area contributed by atoms with E-state index in [1.165, 1.54) is 63.4 Å². The molecule has 0 bridgehead atoms. The SMILES string of the molecule is CC(C)CCC[C@@H](C)[C@H]1CCC2C3CCC4=Cc5c(cnn5CC(=O)O)C[C@]4(C)C3CC[C@@]21C. The van der Waals surface area contributed by atoms with Gasteiger partial charge in [-0.15, -0.1) is 0 Å². The molecule has 4 nitrogen and oxygen atoms in total. The molecule has 1 aromatic rings. The van der Waals surface area contributed by atoms with E-state index in [1.54, 1.807) is 10.3 Å². The molecule has 4 heteroatoms. The minimum absolute atomic E-state index is 0.0426. The summed E-state index contributed by atoms with van der Waals surface area (Å²) in [5.74, 6) is 4.27. The minimum atomic E-state index is -0.817. The Labute approximate surface area is 206 Å². The lowest BCUT2D eigenvalue weighted by molar-refractivity contribution is -0.137. The molecule has 4 aliphatic rings. The first-order valence-electron chi connectivity index (χ1n) is 14.1. The summed E-state index contributed by atoms with van der Waals surface area (Å²) in [5, 5.41) is 13.7. The third-order valence-corrected chi connectivity index (χ3v) is 11.1. The number of nitrogens with zero attached hydrogens (tertiary/aromatic N) is 2. The van der Waals surface area contributed by atoms with E-state index in [0.29, 0.717) is 5.41 Å². The Hall–Kier alpha value is -1.58. The summed E-state index contributed by atoms with van der Waals surface area (Å²) in [6.07, 6.45) is 17.6. The summed E-state index contributed by atoms with van der Waals surface area (Å²) in [6.45, 7) is 12.4. The molecule has 4 aliphatic carbocycles. The smallest absolute Gasteiger partial charge is 0.325 e. The molecule has 188 valence electrons.